The van der Waals surface area contributed by atoms with Crippen LogP contribution in [0.25, 0.3) is 0 Å². The third-order valence-corrected chi connectivity index (χ3v) is 6.45. The third-order valence-electron chi connectivity index (χ3n) is 4.94. The van der Waals surface area contributed by atoms with Gasteiger partial charge in [-0.25, -0.2) is 12.8 Å². The number of nitrogens with one attached hydrogen (secondary N) is 1. The van der Waals surface area contributed by atoms with Crippen molar-refractivity contribution in [2.45, 2.75) is 23.8 Å². The van der Waals surface area contributed by atoms with E-state index in [-0.39, 0.29) is 17.9 Å². The number of aromatic nitrogens is 1. The molecule has 0 saturated heterocycles. The van der Waals surface area contributed by atoms with Crippen molar-refractivity contribution in [3.8, 4) is 5.75 Å². The van der Waals surface area contributed by atoms with E-state index in [2.05, 4.69) is 9.71 Å². The fourth-order valence-electron chi connectivity index (χ4n) is 3.45. The van der Waals surface area contributed by atoms with Gasteiger partial charge in [0.25, 0.3) is 0 Å². The molecule has 7 heteroatoms. The number of halogens is 1. The van der Waals surface area contributed by atoms with Crippen molar-refractivity contribution >= 4 is 10.0 Å². The molecule has 0 amide bonds. The van der Waals surface area contributed by atoms with Crippen LogP contribution in [0.1, 0.15) is 23.2 Å². The van der Waals surface area contributed by atoms with Crippen molar-refractivity contribution in [3.63, 3.8) is 0 Å². The van der Waals surface area contributed by atoms with Gasteiger partial charge >= 0.3 is 0 Å². The summed E-state index contributed by atoms with van der Waals surface area (Å²) >= 11 is 0. The Morgan fingerprint density at radius 3 is 2.64 bits per heavy atom. The molecule has 1 aliphatic rings. The van der Waals surface area contributed by atoms with Crippen LogP contribution in [0, 0.1) is 12.7 Å². The normalized spacial score (nSPS) is 18.9. The second-order valence-corrected chi connectivity index (χ2v) is 8.42. The molecular formula is C21H19FN2O3S. The van der Waals surface area contributed by atoms with E-state index in [1.54, 1.807) is 55.6 Å². The summed E-state index contributed by atoms with van der Waals surface area (Å²) < 4.78 is 49.2. The maximum atomic E-state index is 14.4. The zero-order chi connectivity index (χ0) is 19.8. The van der Waals surface area contributed by atoms with Gasteiger partial charge in [-0.1, -0.05) is 30.3 Å². The van der Waals surface area contributed by atoms with Crippen LogP contribution in [0.4, 0.5) is 4.39 Å². The average molecular weight is 398 g/mol. The molecule has 1 atom stereocenters. The van der Waals surface area contributed by atoms with E-state index >= 15 is 0 Å². The summed E-state index contributed by atoms with van der Waals surface area (Å²) in [5.74, 6) is 0.0743. The van der Waals surface area contributed by atoms with Gasteiger partial charge in [-0.15, -0.1) is 0 Å². The molecule has 0 saturated carbocycles. The molecule has 0 radical (unpaired) electrons. The number of aryl methyl sites for hydroxylation is 1. The lowest BCUT2D eigenvalue weighted by molar-refractivity contribution is 0.221. The van der Waals surface area contributed by atoms with E-state index in [0.717, 1.165) is 0 Å². The summed E-state index contributed by atoms with van der Waals surface area (Å²) in [5.41, 5.74) is 0.151. The van der Waals surface area contributed by atoms with Crippen molar-refractivity contribution in [2.24, 2.45) is 0 Å². The molecule has 0 aliphatic carbocycles. The molecule has 0 spiro atoms. The van der Waals surface area contributed by atoms with Gasteiger partial charge in [-0.05, 0) is 48.4 Å². The van der Waals surface area contributed by atoms with Crippen LogP contribution in [0.3, 0.4) is 0 Å². The Morgan fingerprint density at radius 2 is 1.89 bits per heavy atom. The zero-order valence-corrected chi connectivity index (χ0v) is 16.0. The minimum atomic E-state index is -3.90. The number of hydrogen-bond acceptors (Lipinski definition) is 4. The average Bonchev–Trinajstić information content (AvgIpc) is 2.71. The number of pyridine rings is 1. The van der Waals surface area contributed by atoms with Crippen molar-refractivity contribution in [1.29, 1.82) is 0 Å². The largest absolute Gasteiger partial charge is 0.491 e. The summed E-state index contributed by atoms with van der Waals surface area (Å²) in [6, 6.07) is 16.3. The van der Waals surface area contributed by atoms with Crippen molar-refractivity contribution in [2.75, 3.05) is 6.61 Å². The van der Waals surface area contributed by atoms with E-state index in [1.165, 1.54) is 18.2 Å². The predicted octanol–water partition coefficient (Wildman–Crippen LogP) is 3.53. The van der Waals surface area contributed by atoms with E-state index in [0.29, 0.717) is 22.6 Å². The molecular weight excluding hydrogens is 379 g/mol. The maximum Gasteiger partial charge on any atom is 0.241 e. The molecule has 1 N–H and O–H groups in total. The van der Waals surface area contributed by atoms with Gasteiger partial charge in [-0.3, -0.25) is 4.98 Å². The number of nitrogens with zero attached hydrogens (tertiary/aromatic N) is 1. The van der Waals surface area contributed by atoms with Crippen molar-refractivity contribution < 1.29 is 17.5 Å². The highest BCUT2D eigenvalue weighted by Crippen LogP contribution is 2.41. The van der Waals surface area contributed by atoms with Crippen LogP contribution in [0.5, 0.6) is 5.75 Å². The maximum absolute atomic E-state index is 14.4. The first-order chi connectivity index (χ1) is 13.4. The van der Waals surface area contributed by atoms with Crippen molar-refractivity contribution in [3.05, 3.63) is 89.5 Å². The van der Waals surface area contributed by atoms with E-state index in [9.17, 15) is 12.8 Å². The highest BCUT2D eigenvalue weighted by Gasteiger charge is 2.44. The van der Waals surface area contributed by atoms with Crippen LogP contribution in [-0.4, -0.2) is 20.0 Å². The molecule has 0 bridgehead atoms. The minimum absolute atomic E-state index is 0.130. The highest BCUT2D eigenvalue weighted by molar-refractivity contribution is 7.89. The van der Waals surface area contributed by atoms with Gasteiger partial charge in [0.15, 0.2) is 0 Å². The first kappa shape index (κ1) is 18.6. The SMILES string of the molecule is Cc1ccc(C2(NS(=O)(=O)c3ccccc3)CCOc3cccnc32)cc1F. The minimum Gasteiger partial charge on any atom is -0.491 e. The summed E-state index contributed by atoms with van der Waals surface area (Å²) in [6.45, 7) is 1.93. The number of ether oxygens (including phenoxy) is 1. The molecule has 144 valence electrons. The molecule has 2 aromatic carbocycles. The van der Waals surface area contributed by atoms with Gasteiger partial charge in [-0.2, -0.15) is 4.72 Å². The summed E-state index contributed by atoms with van der Waals surface area (Å²) in [5, 5.41) is 0. The Hall–Kier alpha value is -2.77. The third kappa shape index (κ3) is 3.16. The Labute approximate surface area is 163 Å². The standard InChI is InChI=1S/C21H19FN2O3S/c1-15-9-10-16(14-18(15)22)21(11-13-27-19-8-5-12-23-20(19)21)24-28(25,26)17-6-3-2-4-7-17/h2-10,12,14,24H,11,13H2,1H3. The molecule has 1 unspecified atom stereocenters. The van der Waals surface area contributed by atoms with Gasteiger partial charge in [0.1, 0.15) is 22.8 Å². The van der Waals surface area contributed by atoms with Crippen LogP contribution < -0.4 is 9.46 Å². The van der Waals surface area contributed by atoms with Gasteiger partial charge in [0.2, 0.25) is 10.0 Å². The van der Waals surface area contributed by atoms with E-state index in [4.69, 9.17) is 4.74 Å². The zero-order valence-electron chi connectivity index (χ0n) is 15.2. The lowest BCUT2D eigenvalue weighted by atomic mass is 9.82. The van der Waals surface area contributed by atoms with Crippen LogP contribution in [0.2, 0.25) is 0 Å². The Balaban J connectivity index is 1.92. The number of sulfonamides is 1. The topological polar surface area (TPSA) is 68.3 Å². The first-order valence-corrected chi connectivity index (χ1v) is 10.3. The molecule has 3 aromatic rings. The fourth-order valence-corrected chi connectivity index (χ4v) is 4.85. The Bertz CT molecular complexity index is 1120. The molecule has 2 heterocycles. The van der Waals surface area contributed by atoms with E-state index < -0.39 is 21.4 Å². The Morgan fingerprint density at radius 1 is 1.11 bits per heavy atom. The van der Waals surface area contributed by atoms with Crippen molar-refractivity contribution in [1.82, 2.24) is 9.71 Å². The Kier molecular flexibility index (Phi) is 4.64. The number of fused-ring (bicyclic) bond motifs is 1. The monoisotopic (exact) mass is 398 g/mol. The smallest absolute Gasteiger partial charge is 0.241 e. The lowest BCUT2D eigenvalue weighted by Crippen LogP contribution is -2.50. The lowest BCUT2D eigenvalue weighted by Gasteiger charge is -2.38. The van der Waals surface area contributed by atoms with Gasteiger partial charge < -0.3 is 4.74 Å². The second-order valence-electron chi connectivity index (χ2n) is 6.74. The van der Waals surface area contributed by atoms with Crippen LogP contribution in [-0.2, 0) is 15.6 Å². The van der Waals surface area contributed by atoms with Crippen LogP contribution in [0.15, 0.2) is 71.8 Å². The second kappa shape index (κ2) is 7.00. The van der Waals surface area contributed by atoms with E-state index in [1.807, 2.05) is 0 Å². The fraction of sp³-hybridized carbons (Fsp3) is 0.190. The summed E-state index contributed by atoms with van der Waals surface area (Å²) in [4.78, 5) is 4.54. The number of hydrogen-bond donors (Lipinski definition) is 1. The summed E-state index contributed by atoms with van der Waals surface area (Å²) in [7, 11) is -3.90. The number of rotatable bonds is 4. The molecule has 0 fully saturated rings. The predicted molar refractivity (Wildman–Crippen MR) is 103 cm³/mol. The molecule has 4 rings (SSSR count). The first-order valence-electron chi connectivity index (χ1n) is 8.86. The molecule has 5 nitrogen and oxygen atoms in total. The molecule has 1 aromatic heterocycles. The molecule has 1 aliphatic heterocycles. The summed E-state index contributed by atoms with van der Waals surface area (Å²) in [6.07, 6.45) is 1.86. The van der Waals surface area contributed by atoms with Gasteiger partial charge in [0, 0.05) is 12.6 Å². The quantitative estimate of drug-likeness (QED) is 0.730. The van der Waals surface area contributed by atoms with Crippen LogP contribution >= 0.6 is 0 Å². The van der Waals surface area contributed by atoms with Gasteiger partial charge in [0.05, 0.1) is 11.5 Å². The number of benzene rings is 2. The molecule has 28 heavy (non-hydrogen) atoms. The highest BCUT2D eigenvalue weighted by atomic mass is 32.2.